The molecule has 112 valence electrons. The Hall–Kier alpha value is -1.71. The molecule has 0 aliphatic rings. The molecule has 0 aliphatic heterocycles. The van der Waals surface area contributed by atoms with E-state index in [1.807, 2.05) is 35.2 Å². The summed E-state index contributed by atoms with van der Waals surface area (Å²) < 4.78 is 5.27. The molecule has 22 heavy (non-hydrogen) atoms. The molecule has 2 aromatic carbocycles. The maximum atomic E-state index is 5.27. The molecule has 0 N–H and O–H groups in total. The standard InChI is InChI=1S/C19H18OS2/c1-14-5-3-6-17(13-14)22-19(18-7-4-12-21-18)15-8-10-16(20-2)11-9-15/h3-13,19H,1-2H3. The van der Waals surface area contributed by atoms with Gasteiger partial charge >= 0.3 is 0 Å². The first kappa shape index (κ1) is 15.2. The van der Waals surface area contributed by atoms with Crippen LogP contribution in [0.3, 0.4) is 0 Å². The van der Waals surface area contributed by atoms with Crippen molar-refractivity contribution in [3.63, 3.8) is 0 Å². The number of aryl methyl sites for hydroxylation is 1. The number of ether oxygens (including phenoxy) is 1. The summed E-state index contributed by atoms with van der Waals surface area (Å²) >= 11 is 3.70. The van der Waals surface area contributed by atoms with Crippen LogP contribution in [0.25, 0.3) is 0 Å². The highest BCUT2D eigenvalue weighted by Crippen LogP contribution is 2.42. The van der Waals surface area contributed by atoms with Crippen molar-refractivity contribution in [3.8, 4) is 5.75 Å². The second kappa shape index (κ2) is 7.03. The van der Waals surface area contributed by atoms with Gasteiger partial charge in [-0.15, -0.1) is 23.1 Å². The lowest BCUT2D eigenvalue weighted by Crippen LogP contribution is -1.95. The van der Waals surface area contributed by atoms with E-state index in [1.165, 1.54) is 20.9 Å². The molecule has 0 saturated heterocycles. The highest BCUT2D eigenvalue weighted by Gasteiger charge is 2.17. The number of hydrogen-bond acceptors (Lipinski definition) is 3. The van der Waals surface area contributed by atoms with E-state index in [4.69, 9.17) is 4.74 Å². The van der Waals surface area contributed by atoms with Crippen molar-refractivity contribution in [2.75, 3.05) is 7.11 Å². The summed E-state index contributed by atoms with van der Waals surface area (Å²) in [6.45, 7) is 2.14. The summed E-state index contributed by atoms with van der Waals surface area (Å²) in [4.78, 5) is 2.67. The number of thiophene rings is 1. The summed E-state index contributed by atoms with van der Waals surface area (Å²) in [5.41, 5.74) is 2.60. The van der Waals surface area contributed by atoms with Gasteiger partial charge in [-0.2, -0.15) is 0 Å². The SMILES string of the molecule is COc1ccc(C(Sc2cccc(C)c2)c2cccs2)cc1. The molecule has 3 heteroatoms. The molecule has 0 bridgehead atoms. The van der Waals surface area contributed by atoms with Crippen LogP contribution in [0, 0.1) is 6.92 Å². The van der Waals surface area contributed by atoms with Crippen LogP contribution in [0.5, 0.6) is 5.75 Å². The van der Waals surface area contributed by atoms with Crippen LogP contribution >= 0.6 is 23.1 Å². The second-order valence-electron chi connectivity index (χ2n) is 5.10. The predicted octanol–water partition coefficient (Wildman–Crippen LogP) is 5.95. The molecular weight excluding hydrogens is 308 g/mol. The molecule has 0 fully saturated rings. The van der Waals surface area contributed by atoms with Gasteiger partial charge in [0.1, 0.15) is 5.75 Å². The van der Waals surface area contributed by atoms with Crippen LogP contribution in [-0.4, -0.2) is 7.11 Å². The van der Waals surface area contributed by atoms with Gasteiger partial charge in [-0.05, 0) is 48.2 Å². The second-order valence-corrected chi connectivity index (χ2v) is 7.26. The van der Waals surface area contributed by atoms with Gasteiger partial charge in [0.2, 0.25) is 0 Å². The van der Waals surface area contributed by atoms with E-state index in [-0.39, 0.29) is 0 Å². The van der Waals surface area contributed by atoms with Gasteiger partial charge in [-0.3, -0.25) is 0 Å². The van der Waals surface area contributed by atoms with Gasteiger partial charge in [0, 0.05) is 9.77 Å². The van der Waals surface area contributed by atoms with Gasteiger partial charge in [0.15, 0.2) is 0 Å². The quantitative estimate of drug-likeness (QED) is 0.536. The van der Waals surface area contributed by atoms with Crippen molar-refractivity contribution in [1.29, 1.82) is 0 Å². The normalized spacial score (nSPS) is 12.1. The lowest BCUT2D eigenvalue weighted by Gasteiger charge is -2.16. The first-order valence-electron chi connectivity index (χ1n) is 7.17. The Balaban J connectivity index is 1.93. The Bertz CT molecular complexity index is 717. The van der Waals surface area contributed by atoms with Gasteiger partial charge in [-0.1, -0.05) is 35.9 Å². The fourth-order valence-electron chi connectivity index (χ4n) is 2.33. The molecule has 0 radical (unpaired) electrons. The van der Waals surface area contributed by atoms with Crippen molar-refractivity contribution in [2.24, 2.45) is 0 Å². The average molecular weight is 326 g/mol. The molecule has 0 saturated carbocycles. The molecular formula is C19H18OS2. The zero-order valence-electron chi connectivity index (χ0n) is 12.7. The Morgan fingerprint density at radius 2 is 1.82 bits per heavy atom. The molecule has 0 spiro atoms. The van der Waals surface area contributed by atoms with E-state index in [2.05, 4.69) is 60.8 Å². The fraction of sp³-hybridized carbons (Fsp3) is 0.158. The van der Waals surface area contributed by atoms with Crippen molar-refractivity contribution in [3.05, 3.63) is 82.0 Å². The highest BCUT2D eigenvalue weighted by atomic mass is 32.2. The number of methoxy groups -OCH3 is 1. The van der Waals surface area contributed by atoms with Gasteiger partial charge in [-0.25, -0.2) is 0 Å². The largest absolute Gasteiger partial charge is 0.497 e. The lowest BCUT2D eigenvalue weighted by atomic mass is 10.1. The Labute approximate surface area is 140 Å². The molecule has 3 rings (SSSR count). The van der Waals surface area contributed by atoms with E-state index in [9.17, 15) is 0 Å². The van der Waals surface area contributed by atoms with E-state index in [0.29, 0.717) is 5.25 Å². The van der Waals surface area contributed by atoms with Crippen molar-refractivity contribution in [1.82, 2.24) is 0 Å². The van der Waals surface area contributed by atoms with Gasteiger partial charge in [0.05, 0.1) is 12.4 Å². The first-order chi connectivity index (χ1) is 10.8. The zero-order valence-corrected chi connectivity index (χ0v) is 14.3. The predicted molar refractivity (Wildman–Crippen MR) is 96.2 cm³/mol. The smallest absolute Gasteiger partial charge is 0.118 e. The molecule has 1 unspecified atom stereocenters. The van der Waals surface area contributed by atoms with Crippen molar-refractivity contribution >= 4 is 23.1 Å². The zero-order chi connectivity index (χ0) is 15.4. The summed E-state index contributed by atoms with van der Waals surface area (Å²) in [5.74, 6) is 0.897. The van der Waals surface area contributed by atoms with Crippen LogP contribution in [0.15, 0.2) is 70.9 Å². The minimum atomic E-state index is 0.313. The number of thioether (sulfide) groups is 1. The molecule has 1 aromatic heterocycles. The summed E-state index contributed by atoms with van der Waals surface area (Å²) in [6, 6.07) is 21.4. The Kier molecular flexibility index (Phi) is 4.86. The van der Waals surface area contributed by atoms with Gasteiger partial charge in [0.25, 0.3) is 0 Å². The molecule has 3 aromatic rings. The monoisotopic (exact) mass is 326 g/mol. The topological polar surface area (TPSA) is 9.23 Å². The minimum Gasteiger partial charge on any atom is -0.497 e. The van der Waals surface area contributed by atoms with Crippen molar-refractivity contribution in [2.45, 2.75) is 17.1 Å². The van der Waals surface area contributed by atoms with Crippen LogP contribution in [0.1, 0.15) is 21.3 Å². The van der Waals surface area contributed by atoms with E-state index >= 15 is 0 Å². The van der Waals surface area contributed by atoms with Crippen LogP contribution in [-0.2, 0) is 0 Å². The lowest BCUT2D eigenvalue weighted by molar-refractivity contribution is 0.414. The fourth-order valence-corrected chi connectivity index (χ4v) is 4.55. The number of rotatable bonds is 5. The maximum absolute atomic E-state index is 5.27. The summed E-state index contributed by atoms with van der Waals surface area (Å²) in [7, 11) is 1.70. The van der Waals surface area contributed by atoms with Crippen LogP contribution in [0.4, 0.5) is 0 Å². The van der Waals surface area contributed by atoms with Crippen LogP contribution in [0.2, 0.25) is 0 Å². The molecule has 1 nitrogen and oxygen atoms in total. The minimum absolute atomic E-state index is 0.313. The van der Waals surface area contributed by atoms with Crippen LogP contribution < -0.4 is 4.74 Å². The third kappa shape index (κ3) is 3.54. The van der Waals surface area contributed by atoms with E-state index in [0.717, 1.165) is 5.75 Å². The molecule has 0 amide bonds. The molecule has 0 aliphatic carbocycles. The van der Waals surface area contributed by atoms with Gasteiger partial charge < -0.3 is 4.74 Å². The number of hydrogen-bond donors (Lipinski definition) is 0. The molecule has 1 heterocycles. The Morgan fingerprint density at radius 3 is 2.45 bits per heavy atom. The first-order valence-corrected chi connectivity index (χ1v) is 8.93. The summed E-state index contributed by atoms with van der Waals surface area (Å²) in [5, 5.41) is 2.45. The highest BCUT2D eigenvalue weighted by molar-refractivity contribution is 7.99. The third-order valence-electron chi connectivity index (χ3n) is 3.46. The third-order valence-corrected chi connectivity index (χ3v) is 5.84. The average Bonchev–Trinajstić information content (AvgIpc) is 3.07. The molecule has 1 atom stereocenters. The van der Waals surface area contributed by atoms with E-state index < -0.39 is 0 Å². The maximum Gasteiger partial charge on any atom is 0.118 e. The number of benzene rings is 2. The van der Waals surface area contributed by atoms with Crippen molar-refractivity contribution < 1.29 is 4.74 Å². The Morgan fingerprint density at radius 1 is 1.00 bits per heavy atom. The van der Waals surface area contributed by atoms with E-state index in [1.54, 1.807) is 7.11 Å². The summed E-state index contributed by atoms with van der Waals surface area (Å²) in [6.07, 6.45) is 0.